The predicted octanol–water partition coefficient (Wildman–Crippen LogP) is 5.59. The van der Waals surface area contributed by atoms with Crippen LogP contribution in [0.3, 0.4) is 0 Å². The number of amides is 2. The summed E-state index contributed by atoms with van der Waals surface area (Å²) < 4.78 is 7.04. The van der Waals surface area contributed by atoms with Crippen LogP contribution in [0.2, 0.25) is 0 Å². The second-order valence-corrected chi connectivity index (χ2v) is 10.3. The van der Waals surface area contributed by atoms with Crippen molar-refractivity contribution in [3.8, 4) is 0 Å². The average molecular weight is 543 g/mol. The highest BCUT2D eigenvalue weighted by atomic mass is 16.6. The van der Waals surface area contributed by atoms with Crippen molar-refractivity contribution in [2.75, 3.05) is 16.0 Å². The van der Waals surface area contributed by atoms with Crippen molar-refractivity contribution >= 4 is 40.8 Å². The Kier molecular flexibility index (Phi) is 8.63. The SMILES string of the molecule is CC(=O)N(Cc1ccccc1)Cc1cnc(Nc2cnn(C)c2)nc1Nc1cccc(NC(=O)OC(C)(C)C)c1. The Morgan fingerprint density at radius 2 is 1.70 bits per heavy atom. The van der Waals surface area contributed by atoms with Gasteiger partial charge in [0.15, 0.2) is 0 Å². The third-order valence-corrected chi connectivity index (χ3v) is 5.62. The van der Waals surface area contributed by atoms with E-state index in [0.717, 1.165) is 11.3 Å². The quantitative estimate of drug-likeness (QED) is 0.250. The molecule has 2 aromatic carbocycles. The van der Waals surface area contributed by atoms with Crippen molar-refractivity contribution in [2.45, 2.75) is 46.4 Å². The number of ether oxygens (including phenoxy) is 1. The number of anilines is 5. The minimum atomic E-state index is -0.615. The predicted molar refractivity (Wildman–Crippen MR) is 154 cm³/mol. The normalized spacial score (nSPS) is 11.0. The number of aryl methyl sites for hydroxylation is 1. The first-order valence-electron chi connectivity index (χ1n) is 12.8. The van der Waals surface area contributed by atoms with Crippen LogP contribution in [0.5, 0.6) is 0 Å². The lowest BCUT2D eigenvalue weighted by Crippen LogP contribution is -2.28. The molecule has 2 aromatic heterocycles. The number of hydrogen-bond acceptors (Lipinski definition) is 8. The lowest BCUT2D eigenvalue weighted by atomic mass is 10.2. The van der Waals surface area contributed by atoms with Gasteiger partial charge in [0.25, 0.3) is 0 Å². The maximum atomic E-state index is 12.6. The van der Waals surface area contributed by atoms with Crippen LogP contribution in [0.1, 0.15) is 38.8 Å². The number of rotatable bonds is 9. The first-order valence-corrected chi connectivity index (χ1v) is 12.8. The standard InChI is InChI=1S/C29H34N8O3/c1-20(38)37(17-21-10-7-6-8-11-21)18-22-15-30-27(33-25-16-31-36(5)19-25)35-26(22)32-23-12-9-13-24(14-23)34-28(39)40-29(2,3)4/h6-16,19H,17-18H2,1-5H3,(H,34,39)(H2,30,32,33,35). The first kappa shape index (κ1) is 28.1. The summed E-state index contributed by atoms with van der Waals surface area (Å²) in [5, 5.41) is 13.4. The fourth-order valence-corrected chi connectivity index (χ4v) is 3.83. The van der Waals surface area contributed by atoms with Crippen LogP contribution < -0.4 is 16.0 Å². The van der Waals surface area contributed by atoms with E-state index in [0.29, 0.717) is 35.2 Å². The van der Waals surface area contributed by atoms with Crippen LogP contribution in [-0.2, 0) is 29.7 Å². The van der Waals surface area contributed by atoms with E-state index in [-0.39, 0.29) is 12.5 Å². The lowest BCUT2D eigenvalue weighted by Gasteiger charge is -2.23. The monoisotopic (exact) mass is 542 g/mol. The topological polar surface area (TPSA) is 126 Å². The summed E-state index contributed by atoms with van der Waals surface area (Å²) in [6.07, 6.45) is 4.63. The maximum absolute atomic E-state index is 12.6. The van der Waals surface area contributed by atoms with E-state index in [9.17, 15) is 9.59 Å². The zero-order valence-corrected chi connectivity index (χ0v) is 23.3. The van der Waals surface area contributed by atoms with E-state index < -0.39 is 11.7 Å². The minimum absolute atomic E-state index is 0.0732. The summed E-state index contributed by atoms with van der Waals surface area (Å²) in [7, 11) is 1.82. The molecule has 0 radical (unpaired) electrons. The lowest BCUT2D eigenvalue weighted by molar-refractivity contribution is -0.130. The molecule has 0 aliphatic heterocycles. The fourth-order valence-electron chi connectivity index (χ4n) is 3.83. The van der Waals surface area contributed by atoms with Gasteiger partial charge in [-0.25, -0.2) is 9.78 Å². The molecule has 11 heteroatoms. The third kappa shape index (κ3) is 8.29. The molecule has 0 fully saturated rings. The van der Waals surface area contributed by atoms with Crippen molar-refractivity contribution in [2.24, 2.45) is 7.05 Å². The van der Waals surface area contributed by atoms with Gasteiger partial charge in [-0.15, -0.1) is 0 Å². The second-order valence-electron chi connectivity index (χ2n) is 10.3. The Balaban J connectivity index is 1.60. The van der Waals surface area contributed by atoms with E-state index >= 15 is 0 Å². The minimum Gasteiger partial charge on any atom is -0.444 e. The van der Waals surface area contributed by atoms with Crippen molar-refractivity contribution in [1.82, 2.24) is 24.6 Å². The molecule has 0 spiro atoms. The van der Waals surface area contributed by atoms with E-state index in [4.69, 9.17) is 9.72 Å². The van der Waals surface area contributed by atoms with Gasteiger partial charge in [-0.05, 0) is 44.5 Å². The Morgan fingerprint density at radius 1 is 0.950 bits per heavy atom. The summed E-state index contributed by atoms with van der Waals surface area (Å²) in [6.45, 7) is 7.69. The zero-order chi connectivity index (χ0) is 28.7. The zero-order valence-electron chi connectivity index (χ0n) is 23.3. The van der Waals surface area contributed by atoms with Gasteiger partial charge in [-0.1, -0.05) is 36.4 Å². The van der Waals surface area contributed by atoms with Crippen molar-refractivity contribution in [3.63, 3.8) is 0 Å². The van der Waals surface area contributed by atoms with Gasteiger partial charge in [-0.2, -0.15) is 10.1 Å². The Labute approximate surface area is 233 Å². The number of hydrogen-bond donors (Lipinski definition) is 3. The highest BCUT2D eigenvalue weighted by Gasteiger charge is 2.18. The fraction of sp³-hybridized carbons (Fsp3) is 0.276. The molecule has 2 heterocycles. The van der Waals surface area contributed by atoms with Crippen LogP contribution in [0.15, 0.2) is 73.2 Å². The molecule has 2 amide bonds. The molecule has 208 valence electrons. The smallest absolute Gasteiger partial charge is 0.412 e. The Morgan fingerprint density at radius 3 is 2.38 bits per heavy atom. The van der Waals surface area contributed by atoms with Gasteiger partial charge >= 0.3 is 6.09 Å². The number of nitrogens with one attached hydrogen (secondary N) is 3. The molecule has 11 nitrogen and oxygen atoms in total. The molecule has 0 atom stereocenters. The molecular weight excluding hydrogens is 508 g/mol. The summed E-state index contributed by atoms with van der Waals surface area (Å²) >= 11 is 0. The largest absolute Gasteiger partial charge is 0.444 e. The average Bonchev–Trinajstić information content (AvgIpc) is 3.29. The van der Waals surface area contributed by atoms with Crippen LogP contribution in [0.4, 0.5) is 33.6 Å². The third-order valence-electron chi connectivity index (χ3n) is 5.62. The molecular formula is C29H34N8O3. The van der Waals surface area contributed by atoms with Crippen LogP contribution in [-0.4, -0.2) is 42.2 Å². The van der Waals surface area contributed by atoms with Gasteiger partial charge in [0, 0.05) is 49.8 Å². The van der Waals surface area contributed by atoms with E-state index in [1.807, 2.05) is 55.7 Å². The Hall–Kier alpha value is -4.93. The molecule has 4 aromatic rings. The van der Waals surface area contributed by atoms with Gasteiger partial charge < -0.3 is 20.3 Å². The van der Waals surface area contributed by atoms with Crippen molar-refractivity contribution in [3.05, 3.63) is 84.3 Å². The summed E-state index contributed by atoms with van der Waals surface area (Å²) in [6, 6.07) is 17.0. The van der Waals surface area contributed by atoms with Crippen LogP contribution in [0, 0.1) is 0 Å². The highest BCUT2D eigenvalue weighted by Crippen LogP contribution is 2.25. The number of carbonyl (C=O) groups excluding carboxylic acids is 2. The molecule has 0 bridgehead atoms. The number of aromatic nitrogens is 4. The molecule has 3 N–H and O–H groups in total. The van der Waals surface area contributed by atoms with Gasteiger partial charge in [0.1, 0.15) is 11.4 Å². The summed E-state index contributed by atoms with van der Waals surface area (Å²) in [5.41, 5.74) is 3.09. The molecule has 0 unspecified atom stereocenters. The molecule has 4 rings (SSSR count). The first-order chi connectivity index (χ1) is 19.0. The molecule has 0 aliphatic carbocycles. The van der Waals surface area contributed by atoms with E-state index in [1.165, 1.54) is 0 Å². The van der Waals surface area contributed by atoms with Gasteiger partial charge in [0.2, 0.25) is 11.9 Å². The highest BCUT2D eigenvalue weighted by molar-refractivity contribution is 5.86. The molecule has 40 heavy (non-hydrogen) atoms. The Bertz CT molecular complexity index is 1460. The number of nitrogens with zero attached hydrogens (tertiary/aromatic N) is 5. The van der Waals surface area contributed by atoms with Gasteiger partial charge in [0.05, 0.1) is 18.4 Å². The van der Waals surface area contributed by atoms with Crippen molar-refractivity contribution in [1.29, 1.82) is 0 Å². The summed E-state index contributed by atoms with van der Waals surface area (Å²) in [5.74, 6) is 0.797. The van der Waals surface area contributed by atoms with Crippen molar-refractivity contribution < 1.29 is 14.3 Å². The molecule has 0 saturated carbocycles. The number of carbonyl (C=O) groups is 2. The van der Waals surface area contributed by atoms with Gasteiger partial charge in [-0.3, -0.25) is 14.8 Å². The van der Waals surface area contributed by atoms with E-state index in [2.05, 4.69) is 26.0 Å². The van der Waals surface area contributed by atoms with Crippen LogP contribution in [0.25, 0.3) is 0 Å². The molecule has 0 saturated heterocycles. The molecule has 0 aliphatic rings. The summed E-state index contributed by atoms with van der Waals surface area (Å²) in [4.78, 5) is 35.8. The second kappa shape index (κ2) is 12.3. The van der Waals surface area contributed by atoms with Crippen LogP contribution >= 0.6 is 0 Å². The van der Waals surface area contributed by atoms with E-state index in [1.54, 1.807) is 61.8 Å². The number of benzene rings is 2. The maximum Gasteiger partial charge on any atom is 0.412 e.